The van der Waals surface area contributed by atoms with Crippen LogP contribution < -0.4 is 0 Å². The molecule has 2 aromatic rings. The summed E-state index contributed by atoms with van der Waals surface area (Å²) in [7, 11) is 0. The molecule has 1 aromatic heterocycles. The first kappa shape index (κ1) is 13.8. The van der Waals surface area contributed by atoms with E-state index in [-0.39, 0.29) is 31.4 Å². The highest BCUT2D eigenvalue weighted by Gasteiger charge is 2.23. The van der Waals surface area contributed by atoms with Gasteiger partial charge in [-0.1, -0.05) is 46.4 Å². The predicted octanol–water partition coefficient (Wildman–Crippen LogP) is 5.43. The molecule has 2 nitrogen and oxygen atoms in total. The van der Waals surface area contributed by atoms with Crippen molar-refractivity contribution in [3.8, 4) is 0 Å². The smallest absolute Gasteiger partial charge is 0.231 e. The zero-order valence-electron chi connectivity index (χ0n) is 9.06. The molecule has 0 fully saturated rings. The second-order valence-electron chi connectivity index (χ2n) is 3.58. The minimum atomic E-state index is -0.434. The molecule has 0 amide bonds. The first-order chi connectivity index (χ1) is 8.41. The van der Waals surface area contributed by atoms with Crippen molar-refractivity contribution in [1.82, 2.24) is 0 Å². The van der Waals surface area contributed by atoms with Crippen LogP contribution in [0.4, 0.5) is 0 Å². The Morgan fingerprint density at radius 1 is 1.06 bits per heavy atom. The van der Waals surface area contributed by atoms with Crippen molar-refractivity contribution in [2.24, 2.45) is 0 Å². The van der Waals surface area contributed by atoms with Gasteiger partial charge in [0.2, 0.25) is 5.78 Å². The number of rotatable bonds is 2. The summed E-state index contributed by atoms with van der Waals surface area (Å²) in [5.74, 6) is 0.331. The molecule has 0 saturated heterocycles. The zero-order chi connectivity index (χ0) is 13.4. The predicted molar refractivity (Wildman–Crippen MR) is 73.4 cm³/mol. The van der Waals surface area contributed by atoms with E-state index >= 15 is 0 Å². The second kappa shape index (κ2) is 5.14. The molecule has 18 heavy (non-hydrogen) atoms. The molecule has 0 aliphatic carbocycles. The first-order valence-electron chi connectivity index (χ1n) is 4.86. The molecule has 94 valence electrons. The normalized spacial score (nSPS) is 10.7. The van der Waals surface area contributed by atoms with Crippen LogP contribution in [0.15, 0.2) is 22.6 Å². The van der Waals surface area contributed by atoms with Gasteiger partial charge in [-0.3, -0.25) is 4.79 Å². The summed E-state index contributed by atoms with van der Waals surface area (Å²) in [5.41, 5.74) is 0.0853. The molecule has 0 N–H and O–H groups in total. The largest absolute Gasteiger partial charge is 0.458 e. The van der Waals surface area contributed by atoms with Crippen molar-refractivity contribution in [2.45, 2.75) is 6.92 Å². The Hall–Kier alpha value is -0.670. The molecule has 0 unspecified atom stereocenters. The minimum Gasteiger partial charge on any atom is -0.458 e. The number of furan rings is 1. The van der Waals surface area contributed by atoms with Crippen molar-refractivity contribution in [3.05, 3.63) is 55.4 Å². The fraction of sp³-hybridized carbons (Fsp3) is 0.0833. The first-order valence-corrected chi connectivity index (χ1v) is 6.37. The summed E-state index contributed by atoms with van der Waals surface area (Å²) >= 11 is 23.7. The molecular formula is C12H6Cl4O2. The Morgan fingerprint density at radius 2 is 1.72 bits per heavy atom. The molecule has 2 rings (SSSR count). The number of aryl methyl sites for hydroxylation is 1. The van der Waals surface area contributed by atoms with Crippen LogP contribution in [0.2, 0.25) is 20.1 Å². The van der Waals surface area contributed by atoms with Gasteiger partial charge in [-0.2, -0.15) is 0 Å². The standard InChI is InChI=1S/C12H6Cl4O2/c1-5-2-3-8(18-5)12(17)9-6(13)4-7(14)10(15)11(9)16/h2-4H,1H3. The summed E-state index contributed by atoms with van der Waals surface area (Å²) < 4.78 is 5.24. The molecule has 1 aromatic carbocycles. The summed E-state index contributed by atoms with van der Waals surface area (Å²) in [6.07, 6.45) is 0. The van der Waals surface area contributed by atoms with E-state index in [4.69, 9.17) is 50.8 Å². The van der Waals surface area contributed by atoms with Crippen LogP contribution in [0, 0.1) is 6.92 Å². The number of carbonyl (C=O) groups is 1. The van der Waals surface area contributed by atoms with Crippen LogP contribution in [-0.2, 0) is 0 Å². The third-order valence-corrected chi connectivity index (χ3v) is 3.87. The summed E-state index contributed by atoms with van der Waals surface area (Å²) in [4.78, 5) is 12.2. The molecule has 6 heteroatoms. The third-order valence-electron chi connectivity index (χ3n) is 2.31. The van der Waals surface area contributed by atoms with Gasteiger partial charge in [0.15, 0.2) is 5.76 Å². The maximum atomic E-state index is 12.2. The van der Waals surface area contributed by atoms with Gasteiger partial charge in [0.05, 0.1) is 25.7 Å². The molecular weight excluding hydrogens is 318 g/mol. The van der Waals surface area contributed by atoms with Gasteiger partial charge in [-0.25, -0.2) is 0 Å². The third kappa shape index (κ3) is 2.39. The van der Waals surface area contributed by atoms with Crippen LogP contribution >= 0.6 is 46.4 Å². The van der Waals surface area contributed by atoms with Crippen LogP contribution in [0.25, 0.3) is 0 Å². The second-order valence-corrected chi connectivity index (χ2v) is 5.15. The molecule has 0 spiro atoms. The number of ketones is 1. The molecule has 0 atom stereocenters. The summed E-state index contributed by atoms with van der Waals surface area (Å²) in [6, 6.07) is 4.60. The van der Waals surface area contributed by atoms with Crippen LogP contribution in [0.3, 0.4) is 0 Å². The van der Waals surface area contributed by atoms with E-state index in [0.29, 0.717) is 5.76 Å². The van der Waals surface area contributed by atoms with E-state index in [1.165, 1.54) is 6.07 Å². The van der Waals surface area contributed by atoms with Gasteiger partial charge < -0.3 is 4.42 Å². The van der Waals surface area contributed by atoms with E-state index in [9.17, 15) is 4.79 Å². The van der Waals surface area contributed by atoms with Gasteiger partial charge >= 0.3 is 0 Å². The van der Waals surface area contributed by atoms with E-state index in [1.807, 2.05) is 0 Å². The average molecular weight is 324 g/mol. The molecule has 0 aliphatic heterocycles. The highest BCUT2D eigenvalue weighted by Crippen LogP contribution is 2.38. The molecule has 0 aliphatic rings. The Kier molecular flexibility index (Phi) is 3.93. The lowest BCUT2D eigenvalue weighted by molar-refractivity contribution is 0.101. The van der Waals surface area contributed by atoms with Crippen molar-refractivity contribution < 1.29 is 9.21 Å². The van der Waals surface area contributed by atoms with Crippen molar-refractivity contribution in [2.75, 3.05) is 0 Å². The Morgan fingerprint density at radius 3 is 2.28 bits per heavy atom. The number of halogens is 4. The fourth-order valence-electron chi connectivity index (χ4n) is 1.45. The Bertz CT molecular complexity index is 631. The summed E-state index contributed by atoms with van der Waals surface area (Å²) in [5, 5.41) is 0.440. The van der Waals surface area contributed by atoms with Crippen molar-refractivity contribution >= 4 is 52.2 Å². The van der Waals surface area contributed by atoms with Crippen molar-refractivity contribution in [1.29, 1.82) is 0 Å². The number of carbonyl (C=O) groups excluding carboxylic acids is 1. The minimum absolute atomic E-state index is 0.0215. The van der Waals surface area contributed by atoms with Gasteiger partial charge in [0.25, 0.3) is 0 Å². The lowest BCUT2D eigenvalue weighted by Gasteiger charge is -2.07. The average Bonchev–Trinajstić information content (AvgIpc) is 2.73. The van der Waals surface area contributed by atoms with Gasteiger partial charge in [-0.05, 0) is 25.1 Å². The van der Waals surface area contributed by atoms with E-state index < -0.39 is 5.78 Å². The van der Waals surface area contributed by atoms with Gasteiger partial charge in [0.1, 0.15) is 5.76 Å². The molecule has 0 radical (unpaired) electrons. The van der Waals surface area contributed by atoms with Crippen LogP contribution in [-0.4, -0.2) is 5.78 Å². The number of benzene rings is 1. The Labute approximate surface area is 123 Å². The van der Waals surface area contributed by atoms with E-state index in [1.54, 1.807) is 19.1 Å². The molecule has 0 saturated carbocycles. The lowest BCUT2D eigenvalue weighted by atomic mass is 10.1. The van der Waals surface area contributed by atoms with Gasteiger partial charge in [-0.15, -0.1) is 0 Å². The quantitative estimate of drug-likeness (QED) is 0.419. The number of hydrogen-bond donors (Lipinski definition) is 0. The fourth-order valence-corrected chi connectivity index (χ4v) is 2.54. The number of hydrogen-bond acceptors (Lipinski definition) is 2. The van der Waals surface area contributed by atoms with Crippen molar-refractivity contribution in [3.63, 3.8) is 0 Å². The Balaban J connectivity index is 2.58. The SMILES string of the molecule is Cc1ccc(C(=O)c2c(Cl)cc(Cl)c(Cl)c2Cl)o1. The van der Waals surface area contributed by atoms with Gasteiger partial charge in [0, 0.05) is 0 Å². The maximum Gasteiger partial charge on any atom is 0.231 e. The highest BCUT2D eigenvalue weighted by molar-refractivity contribution is 6.51. The zero-order valence-corrected chi connectivity index (χ0v) is 12.1. The maximum absolute atomic E-state index is 12.2. The lowest BCUT2D eigenvalue weighted by Crippen LogP contribution is -2.02. The molecule has 0 bridgehead atoms. The van der Waals surface area contributed by atoms with Crippen LogP contribution in [0.1, 0.15) is 21.9 Å². The topological polar surface area (TPSA) is 30.2 Å². The van der Waals surface area contributed by atoms with E-state index in [0.717, 1.165) is 0 Å². The molecule has 1 heterocycles. The monoisotopic (exact) mass is 322 g/mol. The highest BCUT2D eigenvalue weighted by atomic mass is 35.5. The van der Waals surface area contributed by atoms with E-state index in [2.05, 4.69) is 0 Å². The summed E-state index contributed by atoms with van der Waals surface area (Å²) in [6.45, 7) is 1.73. The van der Waals surface area contributed by atoms with Crippen LogP contribution in [0.5, 0.6) is 0 Å².